The maximum Gasteiger partial charge on any atom is 0.420 e. The number of alkyl halides is 3. The Bertz CT molecular complexity index is 1130. The number of hydrogen-bond acceptors (Lipinski definition) is 2. The van der Waals surface area contributed by atoms with Gasteiger partial charge in [0.2, 0.25) is 0 Å². The first-order chi connectivity index (χ1) is 15.2. The van der Waals surface area contributed by atoms with E-state index in [1.165, 1.54) is 45.1 Å². The number of aromatic nitrogens is 1. The van der Waals surface area contributed by atoms with Gasteiger partial charge in [-0.3, -0.25) is 4.79 Å². The highest BCUT2D eigenvalue weighted by molar-refractivity contribution is 5.84. The van der Waals surface area contributed by atoms with Crippen LogP contribution in [0, 0.1) is 12.8 Å². The number of halogens is 3. The van der Waals surface area contributed by atoms with Crippen molar-refractivity contribution in [2.75, 3.05) is 0 Å². The fraction of sp³-hybridized carbons (Fsp3) is 0.400. The number of carboxylic acid groups (broad SMARTS) is 1. The fourth-order valence-electron chi connectivity index (χ4n) is 4.68. The topological polar surface area (TPSA) is 62.3 Å². The van der Waals surface area contributed by atoms with E-state index in [9.17, 15) is 18.0 Å². The van der Waals surface area contributed by atoms with Crippen LogP contribution in [0.15, 0.2) is 36.5 Å². The molecule has 0 unspecified atom stereocenters. The molecule has 1 heterocycles. The Kier molecular flexibility index (Phi) is 6.17. The molecular formula is C25H26F3NO3. The Morgan fingerprint density at radius 2 is 1.91 bits per heavy atom. The highest BCUT2D eigenvalue weighted by Crippen LogP contribution is 2.41. The van der Waals surface area contributed by atoms with Crippen molar-refractivity contribution < 1.29 is 27.8 Å². The molecule has 0 amide bonds. The van der Waals surface area contributed by atoms with Crippen molar-refractivity contribution in [2.24, 2.45) is 5.92 Å². The maximum absolute atomic E-state index is 13.7. The molecule has 0 atom stereocenters. The Morgan fingerprint density at radius 1 is 1.16 bits per heavy atom. The zero-order valence-electron chi connectivity index (χ0n) is 17.9. The van der Waals surface area contributed by atoms with Gasteiger partial charge in [-0.2, -0.15) is 13.2 Å². The molecule has 0 radical (unpaired) electrons. The Hall–Kier alpha value is -2.96. The van der Waals surface area contributed by atoms with Crippen molar-refractivity contribution in [1.29, 1.82) is 0 Å². The summed E-state index contributed by atoms with van der Waals surface area (Å²) in [6, 6.07) is 7.54. The van der Waals surface area contributed by atoms with Gasteiger partial charge in [0.05, 0.1) is 12.0 Å². The summed E-state index contributed by atoms with van der Waals surface area (Å²) in [6.45, 7) is 1.50. The van der Waals surface area contributed by atoms with E-state index in [4.69, 9.17) is 9.84 Å². The molecule has 170 valence electrons. The van der Waals surface area contributed by atoms with E-state index in [0.717, 1.165) is 29.0 Å². The summed E-state index contributed by atoms with van der Waals surface area (Å²) < 4.78 is 47.0. The first-order valence-corrected chi connectivity index (χ1v) is 10.9. The molecule has 0 spiro atoms. The molecule has 1 aliphatic rings. The lowest BCUT2D eigenvalue weighted by molar-refractivity contribution is -0.139. The first kappa shape index (κ1) is 22.2. The van der Waals surface area contributed by atoms with Crippen LogP contribution in [0.5, 0.6) is 11.5 Å². The number of benzene rings is 2. The van der Waals surface area contributed by atoms with Gasteiger partial charge in [-0.25, -0.2) is 0 Å². The SMILES string of the molecule is Cc1cc(CC(=O)O)cc(C(F)(F)F)c1Oc1ccc2[nH]cc(CC3CCCCC3)c2c1. The molecule has 0 aliphatic heterocycles. The number of aromatic amines is 1. The van der Waals surface area contributed by atoms with Gasteiger partial charge in [0.1, 0.15) is 11.5 Å². The van der Waals surface area contributed by atoms with Gasteiger partial charge in [0, 0.05) is 17.1 Å². The van der Waals surface area contributed by atoms with Gasteiger partial charge >= 0.3 is 12.1 Å². The molecule has 1 aromatic heterocycles. The van der Waals surface area contributed by atoms with Crippen molar-refractivity contribution >= 4 is 16.9 Å². The van der Waals surface area contributed by atoms with Crippen LogP contribution in [0.4, 0.5) is 13.2 Å². The lowest BCUT2D eigenvalue weighted by atomic mass is 9.85. The molecule has 2 aromatic carbocycles. The van der Waals surface area contributed by atoms with Crippen molar-refractivity contribution in [3.63, 3.8) is 0 Å². The smallest absolute Gasteiger partial charge is 0.420 e. The van der Waals surface area contributed by atoms with Crippen LogP contribution in [0.3, 0.4) is 0 Å². The number of rotatable bonds is 6. The van der Waals surface area contributed by atoms with E-state index < -0.39 is 24.1 Å². The molecule has 4 rings (SSSR count). The zero-order chi connectivity index (χ0) is 22.9. The number of aliphatic carboxylic acids is 1. The highest BCUT2D eigenvalue weighted by Gasteiger charge is 2.36. The number of carboxylic acids is 1. The summed E-state index contributed by atoms with van der Waals surface area (Å²) in [5.74, 6) is -0.528. The van der Waals surface area contributed by atoms with E-state index >= 15 is 0 Å². The number of H-pyrrole nitrogens is 1. The predicted molar refractivity (Wildman–Crippen MR) is 116 cm³/mol. The molecule has 32 heavy (non-hydrogen) atoms. The van der Waals surface area contributed by atoms with Crippen LogP contribution in [-0.2, 0) is 23.8 Å². The molecule has 3 aromatic rings. The average molecular weight is 445 g/mol. The maximum atomic E-state index is 13.7. The Morgan fingerprint density at radius 3 is 2.59 bits per heavy atom. The van der Waals surface area contributed by atoms with E-state index in [0.29, 0.717) is 11.7 Å². The Balaban J connectivity index is 1.66. The second kappa shape index (κ2) is 8.88. The molecule has 1 aliphatic carbocycles. The van der Waals surface area contributed by atoms with Gasteiger partial charge in [0.15, 0.2) is 0 Å². The molecular weight excluding hydrogens is 419 g/mol. The van der Waals surface area contributed by atoms with E-state index in [1.807, 2.05) is 12.3 Å². The lowest BCUT2D eigenvalue weighted by Crippen LogP contribution is -2.11. The molecule has 1 saturated carbocycles. The molecule has 2 N–H and O–H groups in total. The molecule has 7 heteroatoms. The zero-order valence-corrected chi connectivity index (χ0v) is 17.9. The minimum absolute atomic E-state index is 0.0885. The van der Waals surface area contributed by atoms with Gasteiger partial charge < -0.3 is 14.8 Å². The average Bonchev–Trinajstić information content (AvgIpc) is 3.11. The van der Waals surface area contributed by atoms with E-state index in [-0.39, 0.29) is 16.9 Å². The standard InChI is InChI=1S/C25H26F3NO3/c1-15-9-17(12-23(30)31)11-21(25(26,27)28)24(15)32-19-7-8-22-20(13-19)18(14-29-22)10-16-5-3-2-4-6-16/h7-9,11,13-14,16,29H,2-6,10,12H2,1H3,(H,30,31). The second-order valence-corrected chi connectivity index (χ2v) is 8.69. The molecule has 1 fully saturated rings. The number of nitrogens with one attached hydrogen (secondary N) is 1. The summed E-state index contributed by atoms with van der Waals surface area (Å²) in [5, 5.41) is 9.92. The van der Waals surface area contributed by atoms with Gasteiger partial charge in [-0.15, -0.1) is 0 Å². The quantitative estimate of drug-likeness (QED) is 0.428. The van der Waals surface area contributed by atoms with Crippen molar-refractivity contribution in [2.45, 2.75) is 58.0 Å². The first-order valence-electron chi connectivity index (χ1n) is 10.9. The molecule has 4 nitrogen and oxygen atoms in total. The largest absolute Gasteiger partial charge is 0.481 e. The van der Waals surface area contributed by atoms with E-state index in [1.54, 1.807) is 12.1 Å². The minimum Gasteiger partial charge on any atom is -0.481 e. The van der Waals surface area contributed by atoms with E-state index in [2.05, 4.69) is 4.98 Å². The molecule has 0 bridgehead atoms. The third-order valence-electron chi connectivity index (χ3n) is 6.19. The van der Waals surface area contributed by atoms with Crippen molar-refractivity contribution in [1.82, 2.24) is 4.98 Å². The fourth-order valence-corrected chi connectivity index (χ4v) is 4.68. The summed E-state index contributed by atoms with van der Waals surface area (Å²) in [4.78, 5) is 14.2. The summed E-state index contributed by atoms with van der Waals surface area (Å²) in [7, 11) is 0. The summed E-state index contributed by atoms with van der Waals surface area (Å²) in [5.41, 5.74) is 1.44. The van der Waals surface area contributed by atoms with Gasteiger partial charge in [-0.1, -0.05) is 38.2 Å². The van der Waals surface area contributed by atoms with Crippen LogP contribution in [0.1, 0.15) is 54.4 Å². The number of aryl methyl sites for hydroxylation is 1. The van der Waals surface area contributed by atoms with Crippen molar-refractivity contribution in [3.8, 4) is 11.5 Å². The predicted octanol–water partition coefficient (Wildman–Crippen LogP) is 7.04. The highest BCUT2D eigenvalue weighted by atomic mass is 19.4. The van der Waals surface area contributed by atoms with Gasteiger partial charge in [0.25, 0.3) is 0 Å². The minimum atomic E-state index is -4.67. The normalized spacial score (nSPS) is 15.2. The summed E-state index contributed by atoms with van der Waals surface area (Å²) >= 11 is 0. The third-order valence-corrected chi connectivity index (χ3v) is 6.19. The van der Waals surface area contributed by atoms with Crippen LogP contribution < -0.4 is 4.74 Å². The number of hydrogen-bond donors (Lipinski definition) is 2. The van der Waals surface area contributed by atoms with Gasteiger partial charge in [-0.05, 0) is 60.2 Å². The second-order valence-electron chi connectivity index (χ2n) is 8.69. The van der Waals surface area contributed by atoms with Crippen LogP contribution in [0.2, 0.25) is 0 Å². The summed E-state index contributed by atoms with van der Waals surface area (Å²) in [6.07, 6.45) is 3.98. The number of carbonyl (C=O) groups is 1. The number of fused-ring (bicyclic) bond motifs is 1. The number of ether oxygens (including phenoxy) is 1. The van der Waals surface area contributed by atoms with Crippen LogP contribution >= 0.6 is 0 Å². The van der Waals surface area contributed by atoms with Crippen molar-refractivity contribution in [3.05, 3.63) is 58.8 Å². The van der Waals surface area contributed by atoms with Crippen LogP contribution in [0.25, 0.3) is 10.9 Å². The monoisotopic (exact) mass is 445 g/mol. The lowest BCUT2D eigenvalue weighted by Gasteiger charge is -2.21. The molecule has 0 saturated heterocycles. The third kappa shape index (κ3) is 4.92. The Labute approximate surface area is 184 Å². The van der Waals surface area contributed by atoms with Crippen LogP contribution in [-0.4, -0.2) is 16.1 Å².